The normalized spacial score (nSPS) is 20.5. The van der Waals surface area contributed by atoms with Crippen LogP contribution >= 0.6 is 0 Å². The number of hydrogen-bond acceptors (Lipinski definition) is 4. The predicted molar refractivity (Wildman–Crippen MR) is 123 cm³/mol. The highest BCUT2D eigenvalue weighted by Gasteiger charge is 2.44. The van der Waals surface area contributed by atoms with E-state index in [1.807, 2.05) is 29.2 Å². The molecule has 2 amide bonds. The Morgan fingerprint density at radius 1 is 1.12 bits per heavy atom. The second kappa shape index (κ2) is 9.74. The number of carbonyl (C=O) groups excluding carboxylic acids is 2. The number of primary amides is 1. The van der Waals surface area contributed by atoms with Crippen molar-refractivity contribution >= 4 is 11.8 Å². The summed E-state index contributed by atoms with van der Waals surface area (Å²) in [5, 5.41) is 0. The summed E-state index contributed by atoms with van der Waals surface area (Å²) in [5.74, 6) is 0.410. The number of carbonyl (C=O) groups is 2. The van der Waals surface area contributed by atoms with Gasteiger partial charge in [0.1, 0.15) is 5.75 Å². The van der Waals surface area contributed by atoms with Gasteiger partial charge in [-0.15, -0.1) is 0 Å². The van der Waals surface area contributed by atoms with Crippen LogP contribution in [-0.2, 0) is 20.7 Å². The number of hydrogen-bond donors (Lipinski definition) is 1. The van der Waals surface area contributed by atoms with Crippen LogP contribution in [0.5, 0.6) is 5.75 Å². The monoisotopic (exact) mass is 436 g/mol. The molecule has 2 aliphatic heterocycles. The number of methoxy groups -OCH3 is 1. The zero-order valence-electron chi connectivity index (χ0n) is 18.7. The summed E-state index contributed by atoms with van der Waals surface area (Å²) >= 11 is 0. The second-order valence-electron chi connectivity index (χ2n) is 8.99. The lowest BCUT2D eigenvalue weighted by Gasteiger charge is -2.42. The molecular formula is C26H32N2O4. The molecule has 0 radical (unpaired) electrons. The van der Waals surface area contributed by atoms with E-state index in [-0.39, 0.29) is 17.7 Å². The molecule has 2 aromatic carbocycles. The molecule has 0 unspecified atom stereocenters. The minimum absolute atomic E-state index is 0.140. The van der Waals surface area contributed by atoms with Gasteiger partial charge < -0.3 is 20.1 Å². The fourth-order valence-corrected chi connectivity index (χ4v) is 4.99. The zero-order chi connectivity index (χ0) is 22.6. The van der Waals surface area contributed by atoms with E-state index in [1.165, 1.54) is 0 Å². The predicted octanol–water partition coefficient (Wildman–Crippen LogP) is 3.43. The number of nitrogens with zero attached hydrogens (tertiary/aromatic N) is 1. The number of ether oxygens (including phenoxy) is 2. The second-order valence-corrected chi connectivity index (χ2v) is 8.99. The molecule has 0 aromatic heterocycles. The van der Waals surface area contributed by atoms with Crippen LogP contribution in [0, 0.1) is 11.3 Å². The van der Waals surface area contributed by atoms with Crippen LogP contribution in [0.1, 0.15) is 31.2 Å². The first-order valence-corrected chi connectivity index (χ1v) is 11.4. The van der Waals surface area contributed by atoms with Crippen molar-refractivity contribution < 1.29 is 19.1 Å². The maximum Gasteiger partial charge on any atom is 0.229 e. The van der Waals surface area contributed by atoms with Crippen molar-refractivity contribution in [2.75, 3.05) is 33.4 Å². The fourth-order valence-electron chi connectivity index (χ4n) is 4.99. The first-order valence-electron chi connectivity index (χ1n) is 11.4. The minimum atomic E-state index is -0.504. The molecule has 2 N–H and O–H groups in total. The Balaban J connectivity index is 1.57. The van der Waals surface area contributed by atoms with Crippen molar-refractivity contribution in [1.29, 1.82) is 0 Å². The fraction of sp³-hybridized carbons (Fsp3) is 0.462. The largest absolute Gasteiger partial charge is 0.497 e. The average molecular weight is 437 g/mol. The number of benzene rings is 2. The van der Waals surface area contributed by atoms with E-state index in [1.54, 1.807) is 7.11 Å². The molecule has 0 saturated carbocycles. The van der Waals surface area contributed by atoms with Gasteiger partial charge in [0.15, 0.2) is 0 Å². The summed E-state index contributed by atoms with van der Waals surface area (Å²) in [6, 6.07) is 16.4. The highest BCUT2D eigenvalue weighted by molar-refractivity contribution is 5.85. The highest BCUT2D eigenvalue weighted by atomic mass is 16.5. The smallest absolute Gasteiger partial charge is 0.229 e. The number of likely N-dealkylation sites (tertiary alicyclic amines) is 1. The SMILES string of the molecule is COc1ccc(-c2cccc(CC3(C(=O)N4CCC[C@@H](C(N)=O)C4)CCOCC3)c2)cc1. The van der Waals surface area contributed by atoms with Crippen LogP contribution in [0.2, 0.25) is 0 Å². The number of rotatable bonds is 6. The van der Waals surface area contributed by atoms with Gasteiger partial charge in [-0.2, -0.15) is 0 Å². The summed E-state index contributed by atoms with van der Waals surface area (Å²) in [7, 11) is 1.66. The summed E-state index contributed by atoms with van der Waals surface area (Å²) in [6.07, 6.45) is 3.63. The van der Waals surface area contributed by atoms with Crippen molar-refractivity contribution in [2.45, 2.75) is 32.1 Å². The Morgan fingerprint density at radius 2 is 1.88 bits per heavy atom. The lowest BCUT2D eigenvalue weighted by Crippen LogP contribution is -2.52. The zero-order valence-corrected chi connectivity index (χ0v) is 18.7. The molecule has 32 heavy (non-hydrogen) atoms. The van der Waals surface area contributed by atoms with Crippen LogP contribution in [0.3, 0.4) is 0 Å². The van der Waals surface area contributed by atoms with E-state index in [0.29, 0.717) is 45.6 Å². The minimum Gasteiger partial charge on any atom is -0.497 e. The molecule has 6 heteroatoms. The van der Waals surface area contributed by atoms with E-state index >= 15 is 0 Å². The van der Waals surface area contributed by atoms with Gasteiger partial charge in [-0.3, -0.25) is 9.59 Å². The molecule has 0 spiro atoms. The van der Waals surface area contributed by atoms with E-state index < -0.39 is 5.41 Å². The van der Waals surface area contributed by atoms with Crippen LogP contribution in [0.4, 0.5) is 0 Å². The number of nitrogens with two attached hydrogens (primary N) is 1. The van der Waals surface area contributed by atoms with E-state index in [4.69, 9.17) is 15.2 Å². The van der Waals surface area contributed by atoms with Gasteiger partial charge in [0.2, 0.25) is 11.8 Å². The van der Waals surface area contributed by atoms with Crippen molar-refractivity contribution in [3.63, 3.8) is 0 Å². The lowest BCUT2D eigenvalue weighted by atomic mass is 9.73. The van der Waals surface area contributed by atoms with Crippen LogP contribution in [0.25, 0.3) is 11.1 Å². The number of amides is 2. The van der Waals surface area contributed by atoms with Crippen LogP contribution in [-0.4, -0.2) is 50.1 Å². The molecule has 0 aliphatic carbocycles. The van der Waals surface area contributed by atoms with Crippen LogP contribution < -0.4 is 10.5 Å². The maximum absolute atomic E-state index is 13.8. The van der Waals surface area contributed by atoms with Crippen molar-refractivity contribution in [2.24, 2.45) is 17.1 Å². The van der Waals surface area contributed by atoms with Crippen molar-refractivity contribution in [3.8, 4) is 16.9 Å². The molecule has 2 saturated heterocycles. The van der Waals surface area contributed by atoms with Gasteiger partial charge >= 0.3 is 0 Å². The van der Waals surface area contributed by atoms with E-state index in [9.17, 15) is 9.59 Å². The van der Waals surface area contributed by atoms with Gasteiger partial charge in [0.05, 0.1) is 18.4 Å². The average Bonchev–Trinajstić information content (AvgIpc) is 2.84. The molecule has 2 fully saturated rings. The summed E-state index contributed by atoms with van der Waals surface area (Å²) in [4.78, 5) is 27.4. The molecule has 170 valence electrons. The Bertz CT molecular complexity index is 951. The van der Waals surface area contributed by atoms with Gasteiger partial charge in [-0.05, 0) is 60.9 Å². The molecule has 2 aromatic rings. The quantitative estimate of drug-likeness (QED) is 0.752. The van der Waals surface area contributed by atoms with Crippen LogP contribution in [0.15, 0.2) is 48.5 Å². The van der Waals surface area contributed by atoms with E-state index in [2.05, 4.69) is 24.3 Å². The summed E-state index contributed by atoms with van der Waals surface area (Å²) in [6.45, 7) is 2.29. The Hall–Kier alpha value is -2.86. The Kier molecular flexibility index (Phi) is 6.80. The van der Waals surface area contributed by atoms with E-state index in [0.717, 1.165) is 35.3 Å². The molecule has 1 atom stereocenters. The maximum atomic E-state index is 13.8. The third kappa shape index (κ3) is 4.80. The van der Waals surface area contributed by atoms with Crippen molar-refractivity contribution in [3.05, 3.63) is 54.1 Å². The molecule has 2 aliphatic rings. The number of piperidine rings is 1. The Morgan fingerprint density at radius 3 is 2.56 bits per heavy atom. The summed E-state index contributed by atoms with van der Waals surface area (Å²) < 4.78 is 10.9. The molecule has 0 bridgehead atoms. The van der Waals surface area contributed by atoms with Gasteiger partial charge in [-0.25, -0.2) is 0 Å². The third-order valence-electron chi connectivity index (χ3n) is 6.91. The lowest BCUT2D eigenvalue weighted by molar-refractivity contribution is -0.150. The highest BCUT2D eigenvalue weighted by Crippen LogP contribution is 2.38. The standard InChI is InChI=1S/C26H32N2O4/c1-31-23-9-7-20(8-10-23)21-5-2-4-19(16-21)17-26(11-14-32-15-12-26)25(30)28-13-3-6-22(18-28)24(27)29/h2,4-5,7-10,16,22H,3,6,11-15,17-18H2,1H3,(H2,27,29)/t22-/m1/s1. The topological polar surface area (TPSA) is 81.9 Å². The first kappa shape index (κ1) is 22.3. The van der Waals surface area contributed by atoms with Gasteiger partial charge in [0.25, 0.3) is 0 Å². The Labute approximate surface area is 189 Å². The molecular weight excluding hydrogens is 404 g/mol. The molecule has 4 rings (SSSR count). The molecule has 6 nitrogen and oxygen atoms in total. The molecule has 2 heterocycles. The first-order chi connectivity index (χ1) is 15.5. The van der Waals surface area contributed by atoms with Gasteiger partial charge in [0, 0.05) is 26.3 Å². The third-order valence-corrected chi connectivity index (χ3v) is 6.91. The summed E-state index contributed by atoms with van der Waals surface area (Å²) in [5.41, 5.74) is 8.41. The van der Waals surface area contributed by atoms with Crippen molar-refractivity contribution in [1.82, 2.24) is 4.90 Å². The van der Waals surface area contributed by atoms with Gasteiger partial charge in [-0.1, -0.05) is 36.4 Å².